The minimum atomic E-state index is -0.626. The molecular weight excluding hydrogens is 646 g/mol. The molecule has 0 saturated carbocycles. The van der Waals surface area contributed by atoms with Gasteiger partial charge in [-0.1, -0.05) is 84.4 Å². The van der Waals surface area contributed by atoms with Crippen molar-refractivity contribution < 1.29 is 23.9 Å². The number of carbonyl (C=O) groups is 3. The largest absolute Gasteiger partial charge is 0.493 e. The summed E-state index contributed by atoms with van der Waals surface area (Å²) in [4.78, 5) is 41.2. The number of methoxy groups -OCH3 is 2. The van der Waals surface area contributed by atoms with E-state index in [2.05, 4.69) is 16.0 Å². The number of benzene rings is 5. The average Bonchev–Trinajstić information content (AvgIpc) is 3.12. The Hall–Kier alpha value is -5.51. The highest BCUT2D eigenvalue weighted by molar-refractivity contribution is 8.00. The Kier molecular flexibility index (Phi) is 11.5. The Morgan fingerprint density at radius 1 is 0.729 bits per heavy atom. The van der Waals surface area contributed by atoms with Gasteiger partial charge in [-0.25, -0.2) is 0 Å². The minimum Gasteiger partial charge on any atom is -0.493 e. The lowest BCUT2D eigenvalue weighted by molar-refractivity contribution is -0.116. The molecule has 5 aromatic rings. The van der Waals surface area contributed by atoms with Crippen LogP contribution >= 0.6 is 23.4 Å². The number of nitrogens with one attached hydrogen (secondary N) is 3. The highest BCUT2D eigenvalue weighted by atomic mass is 35.5. The third-order valence-corrected chi connectivity index (χ3v) is 8.64. The number of thioether (sulfide) groups is 1. The van der Waals surface area contributed by atoms with Gasteiger partial charge in [0.05, 0.1) is 24.9 Å². The van der Waals surface area contributed by atoms with Gasteiger partial charge >= 0.3 is 0 Å². The van der Waals surface area contributed by atoms with Crippen LogP contribution in [0.2, 0.25) is 5.02 Å². The van der Waals surface area contributed by atoms with Crippen molar-refractivity contribution in [3.8, 4) is 11.5 Å². The summed E-state index contributed by atoms with van der Waals surface area (Å²) < 4.78 is 10.8. The fraction of sp³-hybridized carbons (Fsp3) is 0.0789. The van der Waals surface area contributed by atoms with Gasteiger partial charge in [0, 0.05) is 16.1 Å². The maximum Gasteiger partial charge on any atom is 0.272 e. The van der Waals surface area contributed by atoms with E-state index in [0.29, 0.717) is 39.0 Å². The summed E-state index contributed by atoms with van der Waals surface area (Å²) in [5.41, 5.74) is 2.78. The van der Waals surface area contributed by atoms with Crippen molar-refractivity contribution in [1.82, 2.24) is 5.32 Å². The zero-order valence-corrected chi connectivity index (χ0v) is 27.7. The molecule has 10 heteroatoms. The molecule has 0 radical (unpaired) electrons. The number of para-hydroxylation sites is 1. The lowest BCUT2D eigenvalue weighted by atomic mass is 10.1. The molecule has 1 atom stereocenters. The Morgan fingerprint density at radius 3 is 2.12 bits per heavy atom. The molecule has 48 heavy (non-hydrogen) atoms. The number of hydrogen-bond acceptors (Lipinski definition) is 6. The van der Waals surface area contributed by atoms with Gasteiger partial charge in [-0.05, 0) is 71.8 Å². The molecule has 0 aliphatic heterocycles. The number of carbonyl (C=O) groups excluding carboxylic acids is 3. The zero-order chi connectivity index (χ0) is 33.9. The van der Waals surface area contributed by atoms with Gasteiger partial charge in [-0.15, -0.1) is 11.8 Å². The SMILES string of the molecule is COc1ccc(/C=C(/NC(=O)c2ccccc2)C(=O)Nc2cccc(SC(C(=O)Nc3ccccc3Cl)c3ccccc3)c2)cc1OC. The molecule has 5 aromatic carbocycles. The second kappa shape index (κ2) is 16.4. The van der Waals surface area contributed by atoms with E-state index in [1.807, 2.05) is 36.4 Å². The van der Waals surface area contributed by atoms with Gasteiger partial charge in [-0.2, -0.15) is 0 Å². The molecule has 0 fully saturated rings. The molecule has 8 nitrogen and oxygen atoms in total. The third-order valence-electron chi connectivity index (χ3n) is 7.07. The Balaban J connectivity index is 1.40. The van der Waals surface area contributed by atoms with Gasteiger partial charge in [-0.3, -0.25) is 14.4 Å². The van der Waals surface area contributed by atoms with E-state index < -0.39 is 17.1 Å². The van der Waals surface area contributed by atoms with E-state index in [0.717, 1.165) is 10.5 Å². The monoisotopic (exact) mass is 677 g/mol. The van der Waals surface area contributed by atoms with Crippen LogP contribution in [0.4, 0.5) is 11.4 Å². The third kappa shape index (κ3) is 8.85. The molecular formula is C38H32ClN3O5S. The molecule has 3 amide bonds. The smallest absolute Gasteiger partial charge is 0.272 e. The quantitative estimate of drug-likeness (QED) is 0.0908. The lowest BCUT2D eigenvalue weighted by Crippen LogP contribution is -2.30. The highest BCUT2D eigenvalue weighted by Crippen LogP contribution is 2.38. The van der Waals surface area contributed by atoms with E-state index in [9.17, 15) is 14.4 Å². The molecule has 0 aromatic heterocycles. The van der Waals surface area contributed by atoms with Crippen molar-refractivity contribution in [1.29, 1.82) is 0 Å². The fourth-order valence-corrected chi connectivity index (χ4v) is 5.96. The summed E-state index contributed by atoms with van der Waals surface area (Å²) in [5, 5.41) is 8.38. The fourth-order valence-electron chi connectivity index (χ4n) is 4.69. The molecule has 0 spiro atoms. The average molecular weight is 678 g/mol. The van der Waals surface area contributed by atoms with E-state index in [4.69, 9.17) is 21.1 Å². The molecule has 1 unspecified atom stereocenters. The summed E-state index contributed by atoms with van der Waals surface area (Å²) in [6, 6.07) is 37.4. The van der Waals surface area contributed by atoms with Crippen molar-refractivity contribution in [3.05, 3.63) is 155 Å². The van der Waals surface area contributed by atoms with Crippen molar-refractivity contribution in [2.45, 2.75) is 10.1 Å². The first-order valence-electron chi connectivity index (χ1n) is 14.8. The molecule has 0 saturated heterocycles. The summed E-state index contributed by atoms with van der Waals surface area (Å²) >= 11 is 7.64. The minimum absolute atomic E-state index is 0.00964. The van der Waals surface area contributed by atoms with Crippen molar-refractivity contribution >= 4 is 58.5 Å². The van der Waals surface area contributed by atoms with E-state index in [-0.39, 0.29) is 11.6 Å². The number of hydrogen-bond donors (Lipinski definition) is 3. The summed E-state index contributed by atoms with van der Waals surface area (Å²) in [7, 11) is 3.05. The standard InChI is InChI=1S/C38H32ClN3O5S/c1-46-33-21-20-25(23-34(33)47-2)22-32(42-36(43)27-14-7-4-8-15-27)37(44)40-28-16-11-17-29(24-28)48-35(26-12-5-3-6-13-26)38(45)41-31-19-10-9-18-30(31)39/h3-24,35H,1-2H3,(H,40,44)(H,41,45)(H,42,43)/b32-22+. The van der Waals surface area contributed by atoms with Crippen molar-refractivity contribution in [2.75, 3.05) is 24.9 Å². The number of ether oxygens (including phenoxy) is 2. The summed E-state index contributed by atoms with van der Waals surface area (Å²) in [5.74, 6) is -0.254. The number of amides is 3. The first-order valence-corrected chi connectivity index (χ1v) is 16.1. The van der Waals surface area contributed by atoms with Crippen molar-refractivity contribution in [3.63, 3.8) is 0 Å². The Labute approximate surface area is 288 Å². The Bertz CT molecular complexity index is 1940. The maximum absolute atomic E-state index is 13.7. The van der Waals surface area contributed by atoms with Gasteiger partial charge in [0.25, 0.3) is 11.8 Å². The molecule has 242 valence electrons. The normalized spacial score (nSPS) is 11.6. The van der Waals surface area contributed by atoms with Gasteiger partial charge < -0.3 is 25.4 Å². The lowest BCUT2D eigenvalue weighted by Gasteiger charge is -2.18. The van der Waals surface area contributed by atoms with Crippen LogP contribution in [0.5, 0.6) is 11.5 Å². The molecule has 5 rings (SSSR count). The van der Waals surface area contributed by atoms with E-state index in [1.54, 1.807) is 97.1 Å². The van der Waals surface area contributed by atoms with Crippen LogP contribution in [-0.2, 0) is 9.59 Å². The topological polar surface area (TPSA) is 106 Å². The van der Waals surface area contributed by atoms with E-state index in [1.165, 1.54) is 26.0 Å². The number of rotatable bonds is 12. The maximum atomic E-state index is 13.7. The molecule has 0 aliphatic carbocycles. The van der Waals surface area contributed by atoms with Crippen LogP contribution in [0.1, 0.15) is 26.7 Å². The first kappa shape index (κ1) is 33.8. The number of anilines is 2. The van der Waals surface area contributed by atoms with Crippen LogP contribution in [0, 0.1) is 0 Å². The molecule has 0 bridgehead atoms. The highest BCUT2D eigenvalue weighted by Gasteiger charge is 2.23. The summed E-state index contributed by atoms with van der Waals surface area (Å²) in [6.45, 7) is 0. The van der Waals surface area contributed by atoms with Crippen LogP contribution in [0.25, 0.3) is 6.08 Å². The summed E-state index contributed by atoms with van der Waals surface area (Å²) in [6.07, 6.45) is 1.56. The first-order chi connectivity index (χ1) is 23.3. The van der Waals surface area contributed by atoms with E-state index >= 15 is 0 Å². The molecule has 0 heterocycles. The second-order valence-corrected chi connectivity index (χ2v) is 11.9. The zero-order valence-electron chi connectivity index (χ0n) is 26.1. The predicted molar refractivity (Wildman–Crippen MR) is 192 cm³/mol. The molecule has 3 N–H and O–H groups in total. The molecule has 0 aliphatic rings. The van der Waals surface area contributed by atoms with Gasteiger partial charge in [0.15, 0.2) is 11.5 Å². The van der Waals surface area contributed by atoms with Gasteiger partial charge in [0.1, 0.15) is 10.9 Å². The second-order valence-electron chi connectivity index (χ2n) is 10.4. The van der Waals surface area contributed by atoms with Crippen LogP contribution in [0.3, 0.4) is 0 Å². The van der Waals surface area contributed by atoms with Crippen LogP contribution < -0.4 is 25.4 Å². The van der Waals surface area contributed by atoms with Crippen LogP contribution in [-0.4, -0.2) is 31.9 Å². The Morgan fingerprint density at radius 2 is 1.42 bits per heavy atom. The van der Waals surface area contributed by atoms with Gasteiger partial charge in [0.2, 0.25) is 5.91 Å². The van der Waals surface area contributed by atoms with Crippen LogP contribution in [0.15, 0.2) is 138 Å². The number of halogens is 1. The van der Waals surface area contributed by atoms with Crippen molar-refractivity contribution in [2.24, 2.45) is 0 Å². The predicted octanol–water partition coefficient (Wildman–Crippen LogP) is 8.24.